The zero-order chi connectivity index (χ0) is 15.5. The molecule has 0 saturated heterocycles. The number of carboxylic acid groups (broad SMARTS) is 1. The first-order valence-corrected chi connectivity index (χ1v) is 7.32. The molecule has 21 heavy (non-hydrogen) atoms. The standard InChI is InChI=1S/C16H22N2O3/c1-11-3-2-8-16(9-11,15(20)21)18-14(19)13-6-4-12(10-17)5-7-13/h4-7,11H,2-3,8-10,17H2,1H3,(H,18,19)(H,20,21). The Labute approximate surface area is 124 Å². The quantitative estimate of drug-likeness (QED) is 0.789. The van der Waals surface area contributed by atoms with Crippen molar-refractivity contribution in [2.45, 2.75) is 44.7 Å². The summed E-state index contributed by atoms with van der Waals surface area (Å²) in [5.41, 5.74) is 5.79. The molecule has 1 saturated carbocycles. The lowest BCUT2D eigenvalue weighted by atomic mass is 9.76. The van der Waals surface area contributed by atoms with Crippen LogP contribution in [0.25, 0.3) is 0 Å². The fourth-order valence-electron chi connectivity index (χ4n) is 2.99. The summed E-state index contributed by atoms with van der Waals surface area (Å²) in [6, 6.07) is 6.93. The number of carbonyl (C=O) groups excluding carboxylic acids is 1. The first-order chi connectivity index (χ1) is 9.97. The normalized spacial score (nSPS) is 25.3. The highest BCUT2D eigenvalue weighted by molar-refractivity contribution is 5.97. The number of hydrogen-bond donors (Lipinski definition) is 3. The lowest BCUT2D eigenvalue weighted by molar-refractivity contribution is -0.146. The van der Waals surface area contributed by atoms with Gasteiger partial charge in [0.15, 0.2) is 0 Å². The van der Waals surface area contributed by atoms with Crippen LogP contribution in [0.15, 0.2) is 24.3 Å². The molecule has 0 radical (unpaired) electrons. The van der Waals surface area contributed by atoms with Crippen LogP contribution in [-0.2, 0) is 11.3 Å². The van der Waals surface area contributed by atoms with Gasteiger partial charge in [-0.05, 0) is 36.5 Å². The molecule has 2 atom stereocenters. The van der Waals surface area contributed by atoms with Gasteiger partial charge >= 0.3 is 5.97 Å². The number of amides is 1. The van der Waals surface area contributed by atoms with Gasteiger partial charge in [-0.3, -0.25) is 4.79 Å². The molecule has 114 valence electrons. The summed E-state index contributed by atoms with van der Waals surface area (Å²) in [4.78, 5) is 24.0. The topological polar surface area (TPSA) is 92.4 Å². The zero-order valence-corrected chi connectivity index (χ0v) is 12.3. The molecule has 1 aliphatic rings. The summed E-state index contributed by atoms with van der Waals surface area (Å²) in [6.07, 6.45) is 2.80. The second-order valence-corrected chi connectivity index (χ2v) is 5.94. The largest absolute Gasteiger partial charge is 0.480 e. The average molecular weight is 290 g/mol. The molecule has 0 spiro atoms. The van der Waals surface area contributed by atoms with Gasteiger partial charge in [-0.25, -0.2) is 4.79 Å². The van der Waals surface area contributed by atoms with Gasteiger partial charge in [0.1, 0.15) is 5.54 Å². The molecule has 2 unspecified atom stereocenters. The van der Waals surface area contributed by atoms with Crippen LogP contribution < -0.4 is 11.1 Å². The third-order valence-electron chi connectivity index (χ3n) is 4.21. The third-order valence-corrected chi connectivity index (χ3v) is 4.21. The molecule has 0 heterocycles. The van der Waals surface area contributed by atoms with Gasteiger partial charge in [-0.2, -0.15) is 0 Å². The van der Waals surface area contributed by atoms with E-state index in [-0.39, 0.29) is 5.91 Å². The third kappa shape index (κ3) is 3.42. The molecule has 5 nitrogen and oxygen atoms in total. The number of aliphatic carboxylic acids is 1. The smallest absolute Gasteiger partial charge is 0.329 e. The molecule has 0 aliphatic heterocycles. The number of nitrogens with one attached hydrogen (secondary N) is 1. The summed E-state index contributed by atoms with van der Waals surface area (Å²) in [6.45, 7) is 2.44. The van der Waals surface area contributed by atoms with Gasteiger partial charge < -0.3 is 16.2 Å². The van der Waals surface area contributed by atoms with E-state index in [1.807, 2.05) is 6.92 Å². The first-order valence-electron chi connectivity index (χ1n) is 7.32. The highest BCUT2D eigenvalue weighted by atomic mass is 16.4. The summed E-state index contributed by atoms with van der Waals surface area (Å²) in [5.74, 6) is -0.981. The second kappa shape index (κ2) is 6.26. The Kier molecular flexibility index (Phi) is 4.63. The summed E-state index contributed by atoms with van der Waals surface area (Å²) in [5, 5.41) is 12.3. The molecule has 1 fully saturated rings. The fraction of sp³-hybridized carbons (Fsp3) is 0.500. The van der Waals surface area contributed by atoms with Crippen LogP contribution in [0.5, 0.6) is 0 Å². The Hall–Kier alpha value is -1.88. The van der Waals surface area contributed by atoms with E-state index in [9.17, 15) is 14.7 Å². The van der Waals surface area contributed by atoms with E-state index in [1.165, 1.54) is 0 Å². The Morgan fingerprint density at radius 2 is 2.05 bits per heavy atom. The molecular weight excluding hydrogens is 268 g/mol. The van der Waals surface area contributed by atoms with Crippen LogP contribution in [0.1, 0.15) is 48.5 Å². The molecule has 4 N–H and O–H groups in total. The molecule has 0 aromatic heterocycles. The van der Waals surface area contributed by atoms with Crippen molar-refractivity contribution in [1.82, 2.24) is 5.32 Å². The lowest BCUT2D eigenvalue weighted by Gasteiger charge is -2.37. The van der Waals surface area contributed by atoms with Gasteiger partial charge in [0.05, 0.1) is 0 Å². The minimum Gasteiger partial charge on any atom is -0.480 e. The number of hydrogen-bond acceptors (Lipinski definition) is 3. The minimum absolute atomic E-state index is 0.301. The molecule has 1 aromatic carbocycles. The van der Waals surface area contributed by atoms with Crippen molar-refractivity contribution < 1.29 is 14.7 Å². The van der Waals surface area contributed by atoms with Crippen molar-refractivity contribution in [2.75, 3.05) is 0 Å². The van der Waals surface area contributed by atoms with Gasteiger partial charge in [0.2, 0.25) is 0 Å². The van der Waals surface area contributed by atoms with Gasteiger partial charge in [0, 0.05) is 12.1 Å². The average Bonchev–Trinajstić information content (AvgIpc) is 2.47. The van der Waals surface area contributed by atoms with Gasteiger partial charge in [-0.15, -0.1) is 0 Å². The van der Waals surface area contributed by atoms with Crippen molar-refractivity contribution in [1.29, 1.82) is 0 Å². The van der Waals surface area contributed by atoms with Crippen molar-refractivity contribution in [3.05, 3.63) is 35.4 Å². The molecular formula is C16H22N2O3. The highest BCUT2D eigenvalue weighted by Gasteiger charge is 2.43. The van der Waals surface area contributed by atoms with Crippen LogP contribution in [0, 0.1) is 5.92 Å². The predicted octanol–water partition coefficient (Wildman–Crippen LogP) is 1.91. The Morgan fingerprint density at radius 3 is 2.57 bits per heavy atom. The first kappa shape index (κ1) is 15.5. The number of carboxylic acids is 1. The molecule has 2 rings (SSSR count). The molecule has 1 amide bonds. The Balaban J connectivity index is 2.16. The van der Waals surface area contributed by atoms with Gasteiger partial charge in [-0.1, -0.05) is 31.9 Å². The number of benzene rings is 1. The maximum atomic E-state index is 12.3. The van der Waals surface area contributed by atoms with Crippen molar-refractivity contribution >= 4 is 11.9 Å². The number of nitrogens with two attached hydrogens (primary N) is 1. The van der Waals surface area contributed by atoms with E-state index in [4.69, 9.17) is 5.73 Å². The minimum atomic E-state index is -1.14. The monoisotopic (exact) mass is 290 g/mol. The summed E-state index contributed by atoms with van der Waals surface area (Å²) in [7, 11) is 0. The maximum Gasteiger partial charge on any atom is 0.329 e. The van der Waals surface area contributed by atoms with E-state index in [2.05, 4.69) is 5.32 Å². The molecule has 0 bridgehead atoms. The van der Waals surface area contributed by atoms with Gasteiger partial charge in [0.25, 0.3) is 5.91 Å². The number of rotatable bonds is 4. The van der Waals surface area contributed by atoms with E-state index >= 15 is 0 Å². The Morgan fingerprint density at radius 1 is 1.38 bits per heavy atom. The van der Waals surface area contributed by atoms with Crippen LogP contribution in [0.3, 0.4) is 0 Å². The van der Waals surface area contributed by atoms with Crippen molar-refractivity contribution in [2.24, 2.45) is 11.7 Å². The van der Waals surface area contributed by atoms with E-state index < -0.39 is 11.5 Å². The Bertz CT molecular complexity index is 527. The van der Waals surface area contributed by atoms with Crippen LogP contribution >= 0.6 is 0 Å². The number of carbonyl (C=O) groups is 2. The molecule has 1 aliphatic carbocycles. The van der Waals surface area contributed by atoms with Crippen molar-refractivity contribution in [3.8, 4) is 0 Å². The second-order valence-electron chi connectivity index (χ2n) is 5.94. The van der Waals surface area contributed by atoms with Crippen LogP contribution in [0.2, 0.25) is 0 Å². The highest BCUT2D eigenvalue weighted by Crippen LogP contribution is 2.32. The zero-order valence-electron chi connectivity index (χ0n) is 12.3. The summed E-state index contributed by atoms with van der Waals surface area (Å²) < 4.78 is 0. The van der Waals surface area contributed by atoms with E-state index in [1.54, 1.807) is 24.3 Å². The lowest BCUT2D eigenvalue weighted by Crippen LogP contribution is -2.56. The van der Waals surface area contributed by atoms with E-state index in [0.717, 1.165) is 18.4 Å². The SMILES string of the molecule is CC1CCCC(NC(=O)c2ccc(CN)cc2)(C(=O)O)C1. The van der Waals surface area contributed by atoms with Crippen LogP contribution in [0.4, 0.5) is 0 Å². The van der Waals surface area contributed by atoms with E-state index in [0.29, 0.717) is 30.9 Å². The summed E-state index contributed by atoms with van der Waals surface area (Å²) >= 11 is 0. The molecule has 1 aromatic rings. The maximum absolute atomic E-state index is 12.3. The fourth-order valence-corrected chi connectivity index (χ4v) is 2.99. The van der Waals surface area contributed by atoms with Crippen LogP contribution in [-0.4, -0.2) is 22.5 Å². The molecule has 5 heteroatoms. The predicted molar refractivity (Wildman–Crippen MR) is 79.8 cm³/mol. The van der Waals surface area contributed by atoms with Crippen molar-refractivity contribution in [3.63, 3.8) is 0 Å².